The standard InChI is InChI=1S/C17H29NOSSi/c1-6-21(7-2,8-3)19-12-10-9-11-15(4)13-17-14-20-16(5)18-17/h10,12-14H,6-9,11H2,1-5H3. The summed E-state index contributed by atoms with van der Waals surface area (Å²) in [6.45, 7) is 11.0. The lowest BCUT2D eigenvalue weighted by Gasteiger charge is -2.26. The second-order valence-electron chi connectivity index (χ2n) is 5.55. The molecule has 0 aliphatic heterocycles. The van der Waals surface area contributed by atoms with Crippen molar-refractivity contribution in [3.8, 4) is 0 Å². The first-order valence-corrected chi connectivity index (χ1v) is 11.4. The van der Waals surface area contributed by atoms with Crippen LogP contribution in [0, 0.1) is 6.92 Å². The zero-order valence-corrected chi connectivity index (χ0v) is 15.9. The largest absolute Gasteiger partial charge is 0.549 e. The first-order valence-electron chi connectivity index (χ1n) is 7.97. The summed E-state index contributed by atoms with van der Waals surface area (Å²) in [4.78, 5) is 4.47. The Balaban J connectivity index is 2.39. The molecule has 0 saturated carbocycles. The smallest absolute Gasteiger partial charge is 0.249 e. The Morgan fingerprint density at radius 2 is 1.95 bits per heavy atom. The van der Waals surface area contributed by atoms with Crippen molar-refractivity contribution >= 4 is 25.7 Å². The quantitative estimate of drug-likeness (QED) is 0.400. The average molecular weight is 324 g/mol. The van der Waals surface area contributed by atoms with E-state index in [0.717, 1.165) is 23.5 Å². The van der Waals surface area contributed by atoms with Gasteiger partial charge in [0.05, 0.1) is 17.0 Å². The summed E-state index contributed by atoms with van der Waals surface area (Å²) in [5.74, 6) is 0. The minimum atomic E-state index is -1.46. The number of aryl methyl sites for hydroxylation is 1. The number of hydrogen-bond acceptors (Lipinski definition) is 3. The summed E-state index contributed by atoms with van der Waals surface area (Å²) >= 11 is 1.70. The van der Waals surface area contributed by atoms with E-state index in [4.69, 9.17) is 4.43 Å². The van der Waals surface area contributed by atoms with Gasteiger partial charge in [-0.15, -0.1) is 11.3 Å². The third kappa shape index (κ3) is 6.18. The fraction of sp³-hybridized carbons (Fsp3) is 0.588. The minimum absolute atomic E-state index is 1.03. The van der Waals surface area contributed by atoms with E-state index in [1.807, 2.05) is 13.2 Å². The maximum Gasteiger partial charge on any atom is 0.249 e. The lowest BCUT2D eigenvalue weighted by atomic mass is 10.1. The number of allylic oxidation sites excluding steroid dienone is 2. The van der Waals surface area contributed by atoms with Crippen LogP contribution in [-0.2, 0) is 4.43 Å². The fourth-order valence-electron chi connectivity index (χ4n) is 2.34. The Hall–Kier alpha value is -0.873. The summed E-state index contributed by atoms with van der Waals surface area (Å²) in [5.41, 5.74) is 2.46. The van der Waals surface area contributed by atoms with E-state index >= 15 is 0 Å². The molecule has 0 radical (unpaired) electrons. The Morgan fingerprint density at radius 3 is 2.48 bits per heavy atom. The third-order valence-corrected chi connectivity index (χ3v) is 9.38. The maximum absolute atomic E-state index is 6.11. The molecule has 0 bridgehead atoms. The van der Waals surface area contributed by atoms with E-state index in [1.54, 1.807) is 11.3 Å². The zero-order valence-electron chi connectivity index (χ0n) is 14.1. The van der Waals surface area contributed by atoms with E-state index in [9.17, 15) is 0 Å². The van der Waals surface area contributed by atoms with Crippen LogP contribution in [0.3, 0.4) is 0 Å². The molecule has 0 unspecified atom stereocenters. The molecule has 0 saturated heterocycles. The monoisotopic (exact) mass is 323 g/mol. The van der Waals surface area contributed by atoms with Crippen molar-refractivity contribution < 1.29 is 4.43 Å². The van der Waals surface area contributed by atoms with Crippen LogP contribution in [0.1, 0.15) is 51.2 Å². The van der Waals surface area contributed by atoms with Gasteiger partial charge in [-0.25, -0.2) is 4.98 Å². The SMILES string of the molecule is CC[Si](CC)(CC)OC=CCCC(C)=Cc1csc(C)n1. The molecule has 4 heteroatoms. The second-order valence-corrected chi connectivity index (χ2v) is 11.3. The van der Waals surface area contributed by atoms with Gasteiger partial charge in [-0.1, -0.05) is 32.4 Å². The minimum Gasteiger partial charge on any atom is -0.549 e. The van der Waals surface area contributed by atoms with Gasteiger partial charge in [-0.2, -0.15) is 0 Å². The highest BCUT2D eigenvalue weighted by Crippen LogP contribution is 2.22. The van der Waals surface area contributed by atoms with Crippen molar-refractivity contribution in [2.45, 2.75) is 65.6 Å². The van der Waals surface area contributed by atoms with E-state index < -0.39 is 8.32 Å². The number of aromatic nitrogens is 1. The molecule has 0 aromatic carbocycles. The van der Waals surface area contributed by atoms with Gasteiger partial charge >= 0.3 is 0 Å². The van der Waals surface area contributed by atoms with E-state index in [0.29, 0.717) is 0 Å². The third-order valence-electron chi connectivity index (χ3n) is 4.08. The van der Waals surface area contributed by atoms with Crippen molar-refractivity contribution in [3.63, 3.8) is 0 Å². The molecule has 0 N–H and O–H groups in total. The van der Waals surface area contributed by atoms with Crippen LogP contribution in [0.4, 0.5) is 0 Å². The van der Waals surface area contributed by atoms with Crippen LogP contribution in [0.5, 0.6) is 0 Å². The molecule has 21 heavy (non-hydrogen) atoms. The normalized spacial score (nSPS) is 13.1. The summed E-state index contributed by atoms with van der Waals surface area (Å²) in [6, 6.07) is 3.60. The lowest BCUT2D eigenvalue weighted by Crippen LogP contribution is -2.33. The van der Waals surface area contributed by atoms with Gasteiger partial charge in [0.15, 0.2) is 0 Å². The topological polar surface area (TPSA) is 22.1 Å². The first-order chi connectivity index (χ1) is 10.0. The molecule has 2 nitrogen and oxygen atoms in total. The van der Waals surface area contributed by atoms with Gasteiger partial charge in [-0.3, -0.25) is 0 Å². The van der Waals surface area contributed by atoms with E-state index in [-0.39, 0.29) is 0 Å². The maximum atomic E-state index is 6.11. The molecular weight excluding hydrogens is 294 g/mol. The van der Waals surface area contributed by atoms with Crippen LogP contribution >= 0.6 is 11.3 Å². The van der Waals surface area contributed by atoms with Crippen molar-refractivity contribution in [2.75, 3.05) is 0 Å². The Kier molecular flexibility index (Phi) is 7.97. The van der Waals surface area contributed by atoms with Gasteiger partial charge in [-0.05, 0) is 50.9 Å². The summed E-state index contributed by atoms with van der Waals surface area (Å²) in [5, 5.41) is 3.24. The molecule has 0 aliphatic rings. The number of nitrogens with zero attached hydrogens (tertiary/aromatic N) is 1. The molecule has 0 spiro atoms. The summed E-state index contributed by atoms with van der Waals surface area (Å²) in [7, 11) is -1.46. The second kappa shape index (κ2) is 9.21. The van der Waals surface area contributed by atoms with E-state index in [1.165, 1.54) is 23.7 Å². The molecule has 0 atom stereocenters. The van der Waals surface area contributed by atoms with E-state index in [2.05, 4.69) is 50.2 Å². The lowest BCUT2D eigenvalue weighted by molar-refractivity contribution is 0.455. The molecule has 0 amide bonds. The van der Waals surface area contributed by atoms with Gasteiger partial charge in [0.2, 0.25) is 8.32 Å². The van der Waals surface area contributed by atoms with Gasteiger partial charge in [0.1, 0.15) is 0 Å². The highest BCUT2D eigenvalue weighted by molar-refractivity contribution is 7.09. The molecule has 1 rings (SSSR count). The number of thiazole rings is 1. The van der Waals surface area contributed by atoms with Crippen LogP contribution in [0.25, 0.3) is 6.08 Å². The van der Waals surface area contributed by atoms with Crippen molar-refractivity contribution in [1.82, 2.24) is 4.98 Å². The van der Waals surface area contributed by atoms with Crippen LogP contribution in [0.15, 0.2) is 23.3 Å². The Labute approximate surface area is 135 Å². The molecule has 0 fully saturated rings. The fourth-order valence-corrected chi connectivity index (χ4v) is 5.30. The van der Waals surface area contributed by atoms with Crippen LogP contribution in [-0.4, -0.2) is 13.3 Å². The highest BCUT2D eigenvalue weighted by atomic mass is 32.1. The zero-order chi connectivity index (χ0) is 15.7. The molecule has 0 aliphatic carbocycles. The van der Waals surface area contributed by atoms with Crippen LogP contribution in [0.2, 0.25) is 18.1 Å². The molecule has 1 heterocycles. The average Bonchev–Trinajstić information content (AvgIpc) is 2.88. The Morgan fingerprint density at radius 1 is 1.29 bits per heavy atom. The first kappa shape index (κ1) is 18.2. The summed E-state index contributed by atoms with van der Waals surface area (Å²) in [6.07, 6.45) is 8.42. The molecule has 118 valence electrons. The molecular formula is C17H29NOSSi. The number of hydrogen-bond donors (Lipinski definition) is 0. The van der Waals surface area contributed by atoms with Gasteiger partial charge in [0, 0.05) is 5.38 Å². The number of rotatable bonds is 9. The van der Waals surface area contributed by atoms with Gasteiger partial charge in [0.25, 0.3) is 0 Å². The Bertz CT molecular complexity index is 467. The summed E-state index contributed by atoms with van der Waals surface area (Å²) < 4.78 is 6.11. The highest BCUT2D eigenvalue weighted by Gasteiger charge is 2.28. The van der Waals surface area contributed by atoms with Gasteiger partial charge < -0.3 is 4.43 Å². The van der Waals surface area contributed by atoms with Crippen molar-refractivity contribution in [1.29, 1.82) is 0 Å². The predicted octanol–water partition coefficient (Wildman–Crippen LogP) is 6.17. The molecule has 1 aromatic rings. The van der Waals surface area contributed by atoms with Crippen molar-refractivity contribution in [3.05, 3.63) is 34.0 Å². The van der Waals surface area contributed by atoms with Crippen molar-refractivity contribution in [2.24, 2.45) is 0 Å². The van der Waals surface area contributed by atoms with Crippen LogP contribution < -0.4 is 0 Å². The predicted molar refractivity (Wildman–Crippen MR) is 97.2 cm³/mol. The molecule has 1 aromatic heterocycles.